The zero-order chi connectivity index (χ0) is 19.3. The van der Waals surface area contributed by atoms with Crippen LogP contribution in [0.4, 0.5) is 0 Å². The third-order valence-corrected chi connectivity index (χ3v) is 7.70. The van der Waals surface area contributed by atoms with E-state index < -0.39 is 11.2 Å². The average Bonchev–Trinajstić information content (AvgIpc) is 3.23. The number of ether oxygens (including phenoxy) is 2. The fraction of sp³-hybridized carbons (Fsp3) is 0.762. The molecule has 2 heterocycles. The Morgan fingerprint density at radius 3 is 2.85 bits per heavy atom. The number of methoxy groups -OCH3 is 1. The molecule has 0 aromatic carbocycles. The van der Waals surface area contributed by atoms with Crippen LogP contribution in [0, 0.1) is 17.3 Å². The monoisotopic (exact) mass is 377 g/mol. The standard InChI is InChI=1S/C21H31NO5/c1-19-7-5-8-20(2,25-3)21(19,24)10-15-16(18(23)27-17(15)11-19)13-22-12-14-6-4-9-26-14/h4,6,9,15-17,22,24H,5,7-8,10-13H2,1-3H3. The van der Waals surface area contributed by atoms with Crippen molar-refractivity contribution in [1.82, 2.24) is 5.32 Å². The number of nitrogens with one attached hydrogen (secondary N) is 1. The van der Waals surface area contributed by atoms with Gasteiger partial charge >= 0.3 is 5.97 Å². The van der Waals surface area contributed by atoms with Crippen molar-refractivity contribution in [2.24, 2.45) is 17.3 Å². The van der Waals surface area contributed by atoms with E-state index in [2.05, 4.69) is 12.2 Å². The van der Waals surface area contributed by atoms with Crippen molar-refractivity contribution in [3.05, 3.63) is 24.2 Å². The Kier molecular flexibility index (Phi) is 4.64. The van der Waals surface area contributed by atoms with Crippen LogP contribution >= 0.6 is 0 Å². The number of fused-ring (bicyclic) bond motifs is 2. The van der Waals surface area contributed by atoms with E-state index >= 15 is 0 Å². The highest BCUT2D eigenvalue weighted by atomic mass is 16.6. The van der Waals surface area contributed by atoms with Gasteiger partial charge < -0.3 is 24.3 Å². The lowest BCUT2D eigenvalue weighted by Gasteiger charge is -2.62. The summed E-state index contributed by atoms with van der Waals surface area (Å²) in [5, 5.41) is 15.2. The fourth-order valence-electron chi connectivity index (χ4n) is 5.88. The first-order valence-electron chi connectivity index (χ1n) is 10.0. The average molecular weight is 377 g/mol. The summed E-state index contributed by atoms with van der Waals surface area (Å²) in [6.45, 7) is 5.26. The van der Waals surface area contributed by atoms with Gasteiger partial charge in [-0.15, -0.1) is 0 Å². The van der Waals surface area contributed by atoms with Crippen LogP contribution in [0.1, 0.15) is 51.7 Å². The molecular weight excluding hydrogens is 346 g/mol. The van der Waals surface area contributed by atoms with Crippen molar-refractivity contribution < 1.29 is 23.8 Å². The number of carbonyl (C=O) groups excluding carboxylic acids is 1. The van der Waals surface area contributed by atoms with Crippen LogP contribution in [0.2, 0.25) is 0 Å². The number of aliphatic hydroxyl groups is 1. The molecule has 3 fully saturated rings. The molecule has 150 valence electrons. The second kappa shape index (κ2) is 6.61. The number of esters is 1. The molecule has 1 saturated heterocycles. The maximum Gasteiger partial charge on any atom is 0.310 e. The number of carbonyl (C=O) groups is 1. The Morgan fingerprint density at radius 1 is 1.33 bits per heavy atom. The molecule has 6 nitrogen and oxygen atoms in total. The van der Waals surface area contributed by atoms with Crippen LogP contribution in [0.3, 0.4) is 0 Å². The summed E-state index contributed by atoms with van der Waals surface area (Å²) in [5.74, 6) is 0.447. The SMILES string of the molecule is COC1(C)CCCC2(C)CC3OC(=O)C(CNCc4ccco4)C3CC21O. The summed E-state index contributed by atoms with van der Waals surface area (Å²) in [5.41, 5.74) is -1.85. The molecule has 6 unspecified atom stereocenters. The van der Waals surface area contributed by atoms with Gasteiger partial charge in [0, 0.05) is 25.0 Å². The first-order chi connectivity index (χ1) is 12.8. The van der Waals surface area contributed by atoms with E-state index in [0.29, 0.717) is 25.9 Å². The molecular formula is C21H31NO5. The third-order valence-electron chi connectivity index (χ3n) is 7.70. The molecule has 1 aromatic heterocycles. The van der Waals surface area contributed by atoms with Gasteiger partial charge in [-0.1, -0.05) is 6.92 Å². The van der Waals surface area contributed by atoms with Crippen molar-refractivity contribution >= 4 is 5.97 Å². The summed E-state index contributed by atoms with van der Waals surface area (Å²) in [6, 6.07) is 3.76. The zero-order valence-corrected chi connectivity index (χ0v) is 16.5. The molecule has 0 bridgehead atoms. The number of furan rings is 1. The van der Waals surface area contributed by atoms with Gasteiger partial charge in [0.25, 0.3) is 0 Å². The van der Waals surface area contributed by atoms with Crippen molar-refractivity contribution in [3.63, 3.8) is 0 Å². The lowest BCUT2D eigenvalue weighted by Crippen LogP contribution is -2.69. The third kappa shape index (κ3) is 2.84. The van der Waals surface area contributed by atoms with Crippen LogP contribution in [-0.2, 0) is 20.8 Å². The number of hydrogen-bond acceptors (Lipinski definition) is 6. The fourth-order valence-corrected chi connectivity index (χ4v) is 5.88. The molecule has 3 aliphatic rings. The Balaban J connectivity index is 1.52. The van der Waals surface area contributed by atoms with Gasteiger partial charge in [-0.3, -0.25) is 4.79 Å². The van der Waals surface area contributed by atoms with Crippen LogP contribution in [0.5, 0.6) is 0 Å². The van der Waals surface area contributed by atoms with Gasteiger partial charge in [-0.2, -0.15) is 0 Å². The first-order valence-corrected chi connectivity index (χ1v) is 10.0. The first kappa shape index (κ1) is 19.0. The summed E-state index contributed by atoms with van der Waals surface area (Å²) < 4.78 is 17.0. The topological polar surface area (TPSA) is 80.9 Å². The molecule has 6 heteroatoms. The Hall–Kier alpha value is -1.37. The van der Waals surface area contributed by atoms with Gasteiger partial charge in [0.1, 0.15) is 11.9 Å². The summed E-state index contributed by atoms with van der Waals surface area (Å²) in [6.07, 6.45) is 5.56. The Morgan fingerprint density at radius 2 is 2.15 bits per heavy atom. The quantitative estimate of drug-likeness (QED) is 0.768. The zero-order valence-electron chi connectivity index (χ0n) is 16.5. The maximum absolute atomic E-state index is 12.6. The molecule has 2 N–H and O–H groups in total. The largest absolute Gasteiger partial charge is 0.468 e. The van der Waals surface area contributed by atoms with Crippen molar-refractivity contribution in [1.29, 1.82) is 0 Å². The van der Waals surface area contributed by atoms with Gasteiger partial charge in [0.2, 0.25) is 0 Å². The second-order valence-electron chi connectivity index (χ2n) is 9.07. The minimum Gasteiger partial charge on any atom is -0.468 e. The van der Waals surface area contributed by atoms with E-state index in [4.69, 9.17) is 13.9 Å². The minimum absolute atomic E-state index is 0.00671. The smallest absolute Gasteiger partial charge is 0.310 e. The van der Waals surface area contributed by atoms with E-state index in [-0.39, 0.29) is 29.3 Å². The summed E-state index contributed by atoms with van der Waals surface area (Å²) in [7, 11) is 1.69. The molecule has 0 radical (unpaired) electrons. The predicted octanol–water partition coefficient (Wildman–Crippen LogP) is 2.65. The van der Waals surface area contributed by atoms with Crippen molar-refractivity contribution in [2.75, 3.05) is 13.7 Å². The Bertz CT molecular complexity index is 691. The molecule has 2 saturated carbocycles. The number of rotatable bonds is 5. The van der Waals surface area contributed by atoms with E-state index in [1.54, 1.807) is 13.4 Å². The Labute approximate surface area is 160 Å². The van der Waals surface area contributed by atoms with E-state index in [1.165, 1.54) is 0 Å². The molecule has 2 aliphatic carbocycles. The van der Waals surface area contributed by atoms with Gasteiger partial charge in [-0.25, -0.2) is 0 Å². The van der Waals surface area contributed by atoms with E-state index in [9.17, 15) is 9.90 Å². The molecule has 4 rings (SSSR count). The van der Waals surface area contributed by atoms with Crippen LogP contribution in [0.25, 0.3) is 0 Å². The molecule has 0 amide bonds. The van der Waals surface area contributed by atoms with Gasteiger partial charge in [-0.05, 0) is 51.2 Å². The van der Waals surface area contributed by atoms with Gasteiger partial charge in [0.15, 0.2) is 0 Å². The molecule has 0 spiro atoms. The highest BCUT2D eigenvalue weighted by Crippen LogP contribution is 2.61. The molecule has 1 aromatic rings. The minimum atomic E-state index is -0.957. The summed E-state index contributed by atoms with van der Waals surface area (Å²) >= 11 is 0. The predicted molar refractivity (Wildman–Crippen MR) is 98.8 cm³/mol. The van der Waals surface area contributed by atoms with Crippen molar-refractivity contribution in [3.8, 4) is 0 Å². The lowest BCUT2D eigenvalue weighted by molar-refractivity contribution is -0.270. The molecule has 1 aliphatic heterocycles. The van der Waals surface area contributed by atoms with Crippen LogP contribution < -0.4 is 5.32 Å². The van der Waals surface area contributed by atoms with Crippen LogP contribution in [-0.4, -0.2) is 42.0 Å². The van der Waals surface area contributed by atoms with Gasteiger partial charge in [0.05, 0.1) is 29.9 Å². The summed E-state index contributed by atoms with van der Waals surface area (Å²) in [4.78, 5) is 12.6. The molecule has 27 heavy (non-hydrogen) atoms. The van der Waals surface area contributed by atoms with Crippen LogP contribution in [0.15, 0.2) is 22.8 Å². The second-order valence-corrected chi connectivity index (χ2v) is 9.07. The lowest BCUT2D eigenvalue weighted by atomic mass is 9.49. The normalized spacial score (nSPS) is 43.9. The van der Waals surface area contributed by atoms with E-state index in [1.807, 2.05) is 19.1 Å². The maximum atomic E-state index is 12.6. The molecule has 6 atom stereocenters. The van der Waals surface area contributed by atoms with Crippen molar-refractivity contribution in [2.45, 2.75) is 69.8 Å². The highest BCUT2D eigenvalue weighted by Gasteiger charge is 2.67. The van der Waals surface area contributed by atoms with E-state index in [0.717, 1.165) is 25.0 Å². The number of hydrogen-bond donors (Lipinski definition) is 2. The highest BCUT2D eigenvalue weighted by molar-refractivity contribution is 5.75.